The van der Waals surface area contributed by atoms with Crippen molar-refractivity contribution in [2.45, 2.75) is 27.2 Å². The van der Waals surface area contributed by atoms with Crippen LogP contribution in [0.3, 0.4) is 0 Å². The zero-order valence-electron chi connectivity index (χ0n) is 10.3. The second kappa shape index (κ2) is 6.27. The molecule has 0 saturated heterocycles. The van der Waals surface area contributed by atoms with Gasteiger partial charge < -0.3 is 4.74 Å². The highest BCUT2D eigenvalue weighted by Crippen LogP contribution is 2.32. The van der Waals surface area contributed by atoms with E-state index in [1.165, 1.54) is 0 Å². The molecule has 0 spiro atoms. The van der Waals surface area contributed by atoms with Gasteiger partial charge in [-0.05, 0) is 37.5 Å². The molecule has 1 rings (SSSR count). The number of halogens is 2. The number of carbonyl (C=O) groups is 1. The maximum Gasteiger partial charge on any atom is 0.181 e. The summed E-state index contributed by atoms with van der Waals surface area (Å²) in [5.41, 5.74) is 2.15. The topological polar surface area (TPSA) is 26.3 Å². The van der Waals surface area contributed by atoms with E-state index in [1.54, 1.807) is 6.07 Å². The van der Waals surface area contributed by atoms with Gasteiger partial charge >= 0.3 is 0 Å². The van der Waals surface area contributed by atoms with Crippen LogP contribution < -0.4 is 4.74 Å². The number of alkyl halides is 1. The molecule has 0 aliphatic heterocycles. The quantitative estimate of drug-likeness (QED) is 0.595. The Labute approximate surface area is 112 Å². The second-order valence-electron chi connectivity index (χ2n) is 3.91. The number of Topliss-reactive ketones (excluding diaryl/α,β-unsaturated/α-hetero) is 1. The molecule has 2 nitrogen and oxygen atoms in total. The van der Waals surface area contributed by atoms with Crippen molar-refractivity contribution in [3.8, 4) is 5.75 Å². The minimum atomic E-state index is -0.155. The molecule has 1 aromatic rings. The van der Waals surface area contributed by atoms with Gasteiger partial charge in [-0.15, -0.1) is 11.6 Å². The fraction of sp³-hybridized carbons (Fsp3) is 0.462. The Morgan fingerprint density at radius 2 is 2.06 bits per heavy atom. The third kappa shape index (κ3) is 3.14. The van der Waals surface area contributed by atoms with Gasteiger partial charge in [0, 0.05) is 5.02 Å². The summed E-state index contributed by atoms with van der Waals surface area (Å²) in [5.74, 6) is 0.358. The second-order valence-corrected chi connectivity index (χ2v) is 4.56. The summed E-state index contributed by atoms with van der Waals surface area (Å²) in [6.45, 7) is 6.29. The molecular formula is C13H16Cl2O2. The van der Waals surface area contributed by atoms with Crippen LogP contribution in [-0.4, -0.2) is 18.3 Å². The molecule has 0 amide bonds. The summed E-state index contributed by atoms with van der Waals surface area (Å²) >= 11 is 11.7. The first-order valence-corrected chi connectivity index (χ1v) is 6.45. The summed E-state index contributed by atoms with van der Waals surface area (Å²) in [4.78, 5) is 11.8. The molecule has 0 radical (unpaired) electrons. The van der Waals surface area contributed by atoms with Gasteiger partial charge in [-0.1, -0.05) is 18.5 Å². The Hall–Kier alpha value is -0.730. The molecule has 0 N–H and O–H groups in total. The van der Waals surface area contributed by atoms with Crippen LogP contribution in [-0.2, 0) is 0 Å². The lowest BCUT2D eigenvalue weighted by atomic mass is 10.0. The Balaban J connectivity index is 3.30. The van der Waals surface area contributed by atoms with E-state index in [-0.39, 0.29) is 11.7 Å². The van der Waals surface area contributed by atoms with Crippen LogP contribution in [0.25, 0.3) is 0 Å². The Morgan fingerprint density at radius 3 is 2.59 bits per heavy atom. The lowest BCUT2D eigenvalue weighted by molar-refractivity contribution is 0.101. The molecule has 0 unspecified atom stereocenters. The number of hydrogen-bond donors (Lipinski definition) is 0. The maximum absolute atomic E-state index is 11.8. The summed E-state index contributed by atoms with van der Waals surface area (Å²) in [6.07, 6.45) is 0.884. The van der Waals surface area contributed by atoms with Crippen molar-refractivity contribution >= 4 is 29.0 Å². The van der Waals surface area contributed by atoms with Crippen LogP contribution >= 0.6 is 23.2 Å². The van der Waals surface area contributed by atoms with Crippen molar-refractivity contribution in [3.05, 3.63) is 27.8 Å². The van der Waals surface area contributed by atoms with Crippen molar-refractivity contribution in [1.29, 1.82) is 0 Å². The normalized spacial score (nSPS) is 10.4. The van der Waals surface area contributed by atoms with Crippen LogP contribution in [0.2, 0.25) is 5.02 Å². The van der Waals surface area contributed by atoms with Crippen molar-refractivity contribution in [3.63, 3.8) is 0 Å². The minimum Gasteiger partial charge on any atom is -0.493 e. The van der Waals surface area contributed by atoms with Crippen molar-refractivity contribution in [2.75, 3.05) is 12.5 Å². The van der Waals surface area contributed by atoms with E-state index in [2.05, 4.69) is 0 Å². The molecule has 0 bridgehead atoms. The van der Waals surface area contributed by atoms with Gasteiger partial charge in [0.1, 0.15) is 5.75 Å². The molecule has 0 atom stereocenters. The standard InChI is InChI=1S/C13H16Cl2O2/c1-4-5-17-11-6-8(2)13(15)9(3)12(11)10(16)7-14/h6H,4-5,7H2,1-3H3. The van der Waals surface area contributed by atoms with E-state index >= 15 is 0 Å². The maximum atomic E-state index is 11.8. The predicted molar refractivity (Wildman–Crippen MR) is 71.8 cm³/mol. The number of rotatable bonds is 5. The average Bonchev–Trinajstić information content (AvgIpc) is 2.32. The minimum absolute atomic E-state index is 0.0668. The highest BCUT2D eigenvalue weighted by atomic mass is 35.5. The molecule has 0 aliphatic rings. The SMILES string of the molecule is CCCOc1cc(C)c(Cl)c(C)c1C(=O)CCl. The number of aryl methyl sites for hydroxylation is 1. The Morgan fingerprint density at radius 1 is 1.41 bits per heavy atom. The van der Waals surface area contributed by atoms with Crippen molar-refractivity contribution in [2.24, 2.45) is 0 Å². The Kier molecular flexibility index (Phi) is 5.29. The van der Waals surface area contributed by atoms with E-state index in [9.17, 15) is 4.79 Å². The van der Waals surface area contributed by atoms with Crippen molar-refractivity contribution < 1.29 is 9.53 Å². The molecule has 94 valence electrons. The predicted octanol–water partition coefficient (Wildman–Crippen LogP) is 4.17. The van der Waals surface area contributed by atoms with E-state index < -0.39 is 0 Å². The number of benzene rings is 1. The smallest absolute Gasteiger partial charge is 0.181 e. The lowest BCUT2D eigenvalue weighted by Gasteiger charge is -2.15. The van der Waals surface area contributed by atoms with Crippen LogP contribution in [0.5, 0.6) is 5.75 Å². The first kappa shape index (κ1) is 14.3. The molecule has 0 aliphatic carbocycles. The first-order chi connectivity index (χ1) is 8.02. The summed E-state index contributed by atoms with van der Waals surface area (Å²) in [6, 6.07) is 1.80. The third-order valence-corrected chi connectivity index (χ3v) is 3.33. The molecule has 4 heteroatoms. The lowest BCUT2D eigenvalue weighted by Crippen LogP contribution is -2.09. The average molecular weight is 275 g/mol. The summed E-state index contributed by atoms with van der Waals surface area (Å²) < 4.78 is 5.59. The number of hydrogen-bond acceptors (Lipinski definition) is 2. The van der Waals surface area contributed by atoms with Gasteiger partial charge in [0.2, 0.25) is 0 Å². The Bertz CT molecular complexity index is 428. The van der Waals surface area contributed by atoms with Crippen LogP contribution in [0.4, 0.5) is 0 Å². The molecule has 0 aromatic heterocycles. The zero-order valence-corrected chi connectivity index (χ0v) is 11.8. The molecule has 17 heavy (non-hydrogen) atoms. The van der Waals surface area contributed by atoms with E-state index in [4.69, 9.17) is 27.9 Å². The van der Waals surface area contributed by atoms with E-state index in [0.717, 1.165) is 17.5 Å². The zero-order chi connectivity index (χ0) is 13.0. The van der Waals surface area contributed by atoms with Crippen molar-refractivity contribution in [1.82, 2.24) is 0 Å². The highest BCUT2D eigenvalue weighted by molar-refractivity contribution is 6.34. The molecule has 1 aromatic carbocycles. The monoisotopic (exact) mass is 274 g/mol. The van der Waals surface area contributed by atoms with Gasteiger partial charge in [0.25, 0.3) is 0 Å². The molecule has 0 heterocycles. The number of ketones is 1. The van der Waals surface area contributed by atoms with Gasteiger partial charge in [0.15, 0.2) is 5.78 Å². The van der Waals surface area contributed by atoms with E-state index in [0.29, 0.717) is 22.9 Å². The first-order valence-electron chi connectivity index (χ1n) is 5.54. The fourth-order valence-electron chi connectivity index (χ4n) is 1.66. The van der Waals surface area contributed by atoms with Gasteiger partial charge in [-0.2, -0.15) is 0 Å². The van der Waals surface area contributed by atoms with Crippen LogP contribution in [0.1, 0.15) is 34.8 Å². The summed E-state index contributed by atoms with van der Waals surface area (Å²) in [5, 5.41) is 0.599. The molecule has 0 fully saturated rings. The molecule has 0 saturated carbocycles. The van der Waals surface area contributed by atoms with Gasteiger partial charge in [-0.3, -0.25) is 4.79 Å². The van der Waals surface area contributed by atoms with Gasteiger partial charge in [-0.25, -0.2) is 0 Å². The number of carbonyl (C=O) groups excluding carboxylic acids is 1. The van der Waals surface area contributed by atoms with Crippen LogP contribution in [0.15, 0.2) is 6.07 Å². The van der Waals surface area contributed by atoms with Crippen LogP contribution in [0, 0.1) is 13.8 Å². The summed E-state index contributed by atoms with van der Waals surface area (Å²) in [7, 11) is 0. The third-order valence-electron chi connectivity index (χ3n) is 2.51. The van der Waals surface area contributed by atoms with E-state index in [1.807, 2.05) is 20.8 Å². The number of ether oxygens (including phenoxy) is 1. The highest BCUT2D eigenvalue weighted by Gasteiger charge is 2.18. The molecular weight excluding hydrogens is 259 g/mol. The fourth-order valence-corrected chi connectivity index (χ4v) is 1.94. The van der Waals surface area contributed by atoms with Gasteiger partial charge in [0.05, 0.1) is 18.1 Å². The largest absolute Gasteiger partial charge is 0.493 e.